The third kappa shape index (κ3) is 9.37. The van der Waals surface area contributed by atoms with E-state index >= 15 is 0 Å². The first-order valence-corrected chi connectivity index (χ1v) is 29.4. The van der Waals surface area contributed by atoms with Crippen LogP contribution in [0, 0.1) is 0 Å². The average molecular weight is 1070 g/mol. The Morgan fingerprint density at radius 1 is 0.425 bits per heavy atom. The maximum Gasteiger partial charge on any atom is 0.258 e. The van der Waals surface area contributed by atoms with Crippen molar-refractivity contribution in [2.24, 2.45) is 0 Å². The monoisotopic (exact) mass is 1070 g/mol. The molecule has 0 saturated heterocycles. The maximum absolute atomic E-state index is 9.60. The highest BCUT2D eigenvalue weighted by Crippen LogP contribution is 2.51. The lowest BCUT2D eigenvalue weighted by molar-refractivity contribution is 0.488. The topological polar surface area (TPSA) is 19.0 Å². The average Bonchev–Trinajstić information content (AvgIpc) is 3.90. The molecule has 0 N–H and O–H groups in total. The number of ether oxygens (including phenoxy) is 1. The molecule has 6 heteroatoms. The molecular formula is C74H76BN3OS. The zero-order chi connectivity index (χ0) is 57.3. The molecule has 0 spiro atoms. The molecule has 4 nitrogen and oxygen atoms in total. The first-order valence-electron chi connectivity index (χ1n) is 29.1. The molecule has 9 aromatic carbocycles. The normalized spacial score (nSPS) is 13.7. The molecule has 12 rings (SSSR count). The fourth-order valence-corrected chi connectivity index (χ4v) is 13.3. The molecule has 0 fully saturated rings. The van der Waals surface area contributed by atoms with Gasteiger partial charge in [0.05, 0.1) is 7.06 Å². The number of rotatable bonds is 7. The Morgan fingerprint density at radius 2 is 0.863 bits per heavy atom. The Bertz CT molecular complexity index is 3920. The summed E-state index contributed by atoms with van der Waals surface area (Å²) in [6, 6.07) is 68.3. The van der Waals surface area contributed by atoms with Crippen LogP contribution in [0.3, 0.4) is 0 Å². The highest BCUT2D eigenvalue weighted by Gasteiger charge is 2.44. The van der Waals surface area contributed by atoms with Gasteiger partial charge in [0, 0.05) is 71.7 Å². The van der Waals surface area contributed by atoms with Crippen LogP contribution in [0.4, 0.5) is 51.2 Å². The summed E-state index contributed by atoms with van der Waals surface area (Å²) in [5.74, 6) is 1.51. The fraction of sp³-hybridized carbons (Fsp3) is 0.270. The SMILES string of the molecule is [2H]c1cc2c3c(c1)N(c1ccc(C(C)(C)C)cc1)c1cc(N(c4ccc(C(C)(C)C)cc4)c4ccc(C(C)(C)C)cc4)ccc1B3c1c(cc(N(c3ccc(C(C)(C)C)cc3)c3ccc(C(C)(C)C)cc3)c3c1sc1ccccc13)O2. The molecule has 2 aliphatic rings. The summed E-state index contributed by atoms with van der Waals surface area (Å²) in [6.45, 7) is 33.9. The molecule has 0 amide bonds. The van der Waals surface area contributed by atoms with E-state index in [1.54, 1.807) is 0 Å². The van der Waals surface area contributed by atoms with E-state index in [0.29, 0.717) is 11.8 Å². The maximum atomic E-state index is 9.60. The van der Waals surface area contributed by atoms with Gasteiger partial charge in [0.2, 0.25) is 0 Å². The lowest BCUT2D eigenvalue weighted by atomic mass is 9.34. The van der Waals surface area contributed by atoms with Gasteiger partial charge in [0.25, 0.3) is 6.71 Å². The number of hydrogen-bond donors (Lipinski definition) is 0. The van der Waals surface area contributed by atoms with Crippen molar-refractivity contribution in [2.75, 3.05) is 14.7 Å². The van der Waals surface area contributed by atoms with Crippen LogP contribution in [0.5, 0.6) is 11.5 Å². The lowest BCUT2D eigenvalue weighted by Gasteiger charge is -2.41. The Morgan fingerprint density at radius 3 is 1.34 bits per heavy atom. The van der Waals surface area contributed by atoms with Gasteiger partial charge in [0.15, 0.2) is 0 Å². The van der Waals surface area contributed by atoms with Crippen molar-refractivity contribution in [3.8, 4) is 11.5 Å². The van der Waals surface area contributed by atoms with Crippen molar-refractivity contribution in [3.05, 3.63) is 216 Å². The van der Waals surface area contributed by atoms with E-state index in [4.69, 9.17) is 4.74 Å². The van der Waals surface area contributed by atoms with E-state index in [2.05, 4.69) is 294 Å². The summed E-state index contributed by atoms with van der Waals surface area (Å²) in [6.07, 6.45) is 0. The summed E-state index contributed by atoms with van der Waals surface area (Å²) in [7, 11) is 0. The Hall–Kier alpha value is -7.54. The third-order valence-electron chi connectivity index (χ3n) is 16.7. The van der Waals surface area contributed by atoms with Gasteiger partial charge in [-0.25, -0.2) is 0 Å². The summed E-state index contributed by atoms with van der Waals surface area (Å²) in [5.41, 5.74) is 19.2. The highest BCUT2D eigenvalue weighted by atomic mass is 32.1. The fourth-order valence-electron chi connectivity index (χ4n) is 12.0. The van der Waals surface area contributed by atoms with Gasteiger partial charge >= 0.3 is 0 Å². The molecule has 402 valence electrons. The third-order valence-corrected chi connectivity index (χ3v) is 17.9. The first kappa shape index (κ1) is 51.9. The van der Waals surface area contributed by atoms with Gasteiger partial charge in [-0.15, -0.1) is 11.3 Å². The van der Waals surface area contributed by atoms with E-state index in [0.717, 1.165) is 67.9 Å². The molecule has 0 radical (unpaired) electrons. The van der Waals surface area contributed by atoms with Crippen LogP contribution in [0.2, 0.25) is 0 Å². The van der Waals surface area contributed by atoms with E-state index < -0.39 is 0 Å². The summed E-state index contributed by atoms with van der Waals surface area (Å²) in [5, 5.41) is 2.41. The number of anilines is 9. The van der Waals surface area contributed by atoms with Crippen LogP contribution in [-0.2, 0) is 27.1 Å². The van der Waals surface area contributed by atoms with Gasteiger partial charge < -0.3 is 19.4 Å². The highest BCUT2D eigenvalue weighted by molar-refractivity contribution is 7.28. The van der Waals surface area contributed by atoms with Crippen molar-refractivity contribution in [3.63, 3.8) is 0 Å². The lowest BCUT2D eigenvalue weighted by Crippen LogP contribution is -2.59. The van der Waals surface area contributed by atoms with Gasteiger partial charge in [-0.3, -0.25) is 0 Å². The summed E-state index contributed by atoms with van der Waals surface area (Å²) >= 11 is 1.85. The predicted octanol–water partition coefficient (Wildman–Crippen LogP) is 19.9. The van der Waals surface area contributed by atoms with Gasteiger partial charge in [-0.2, -0.15) is 0 Å². The molecule has 2 aliphatic heterocycles. The molecule has 10 aromatic rings. The molecule has 0 bridgehead atoms. The van der Waals surface area contributed by atoms with Crippen LogP contribution in [-0.4, -0.2) is 6.71 Å². The van der Waals surface area contributed by atoms with Crippen LogP contribution in [0.1, 0.15) is 133 Å². The molecule has 1 aromatic heterocycles. The van der Waals surface area contributed by atoms with Crippen molar-refractivity contribution < 1.29 is 6.11 Å². The van der Waals surface area contributed by atoms with E-state index in [1.165, 1.54) is 53.5 Å². The zero-order valence-electron chi connectivity index (χ0n) is 50.6. The molecule has 0 aliphatic carbocycles. The summed E-state index contributed by atoms with van der Waals surface area (Å²) in [4.78, 5) is 7.25. The van der Waals surface area contributed by atoms with Crippen LogP contribution < -0.4 is 35.8 Å². The Labute approximate surface area is 482 Å². The van der Waals surface area contributed by atoms with Gasteiger partial charge in [-0.1, -0.05) is 195 Å². The Balaban J connectivity index is 1.13. The van der Waals surface area contributed by atoms with Crippen LogP contribution >= 0.6 is 11.3 Å². The quantitative estimate of drug-likeness (QED) is 0.148. The molecule has 80 heavy (non-hydrogen) atoms. The largest absolute Gasteiger partial charge is 0.458 e. The second kappa shape index (κ2) is 19.1. The van der Waals surface area contributed by atoms with Crippen LogP contribution in [0.15, 0.2) is 188 Å². The van der Waals surface area contributed by atoms with Crippen molar-refractivity contribution >= 4 is 106 Å². The number of benzene rings is 9. The number of hydrogen-bond acceptors (Lipinski definition) is 5. The number of fused-ring (bicyclic) bond motifs is 8. The van der Waals surface area contributed by atoms with E-state index in [1.807, 2.05) is 17.4 Å². The molecular weight excluding hydrogens is 990 g/mol. The second-order valence-corrected chi connectivity index (χ2v) is 28.5. The Kier molecular flexibility index (Phi) is 12.4. The second-order valence-electron chi connectivity index (χ2n) is 27.5. The standard InChI is InChI=1S/C74H76BN3OS/c1-70(2,3)47-23-33-52(34-24-47)76(53-35-25-48(26-36-53)71(4,5)6)57-43-44-59-61(45-57)78(56-41-31-51(32-42-56)74(13,14)15)60-20-18-21-63-67(60)75(59)68-64(79-63)46-62(66-58-19-16-17-22-65(58)80-69(66)68)77(54-37-27-49(28-38-54)72(7,8)9)55-39-29-50(30-40-55)73(10,11)12/h16-46H,1-15H3/i18D. The van der Waals surface area contributed by atoms with Crippen molar-refractivity contribution in [1.82, 2.24) is 0 Å². The smallest absolute Gasteiger partial charge is 0.258 e. The van der Waals surface area contributed by atoms with Crippen molar-refractivity contribution in [2.45, 2.75) is 131 Å². The van der Waals surface area contributed by atoms with Gasteiger partial charge in [-0.05, 0) is 162 Å². The molecule has 0 saturated carbocycles. The van der Waals surface area contributed by atoms with E-state index in [9.17, 15) is 1.37 Å². The minimum atomic E-state index is -0.228. The minimum Gasteiger partial charge on any atom is -0.458 e. The van der Waals surface area contributed by atoms with Crippen LogP contribution in [0.25, 0.3) is 20.2 Å². The first-order chi connectivity index (χ1) is 38.2. The van der Waals surface area contributed by atoms with Gasteiger partial charge in [0.1, 0.15) is 11.5 Å². The molecule has 3 heterocycles. The number of thiophene rings is 1. The van der Waals surface area contributed by atoms with Crippen molar-refractivity contribution in [1.29, 1.82) is 0 Å². The predicted molar refractivity (Wildman–Crippen MR) is 348 cm³/mol. The minimum absolute atomic E-state index is 0.00378. The number of nitrogens with zero attached hydrogens (tertiary/aromatic N) is 3. The zero-order valence-corrected chi connectivity index (χ0v) is 50.4. The summed E-state index contributed by atoms with van der Waals surface area (Å²) < 4.78 is 19.5. The van der Waals surface area contributed by atoms with E-state index in [-0.39, 0.29) is 33.8 Å². The molecule has 0 unspecified atom stereocenters. The molecule has 0 atom stereocenters.